The number of hydrogen-bond acceptors (Lipinski definition) is 7. The minimum atomic E-state index is -3.53. The molecule has 1 N–H and O–H groups in total. The van der Waals surface area contributed by atoms with Crippen LogP contribution in [0, 0.1) is 0 Å². The van der Waals surface area contributed by atoms with Gasteiger partial charge in [-0.05, 0) is 91.0 Å². The van der Waals surface area contributed by atoms with E-state index in [2.05, 4.69) is 46.4 Å². The molecule has 0 spiro atoms. The van der Waals surface area contributed by atoms with Crippen LogP contribution in [-0.2, 0) is 30.7 Å². The van der Waals surface area contributed by atoms with Crippen LogP contribution in [0.25, 0.3) is 17.2 Å². The van der Waals surface area contributed by atoms with Gasteiger partial charge in [0.25, 0.3) is 5.91 Å². The van der Waals surface area contributed by atoms with E-state index in [1.807, 2.05) is 36.4 Å². The second-order valence-electron chi connectivity index (χ2n) is 11.5. The summed E-state index contributed by atoms with van der Waals surface area (Å²) in [6, 6.07) is 22.1. The summed E-state index contributed by atoms with van der Waals surface area (Å²) in [5.74, 6) is -0.389. The van der Waals surface area contributed by atoms with E-state index in [0.717, 1.165) is 75.7 Å². The molecule has 0 aromatic heterocycles. The second kappa shape index (κ2) is 13.0. The average molecular weight is 602 g/mol. The number of anilines is 2. The molecule has 9 heteroatoms. The average Bonchev–Trinajstić information content (AvgIpc) is 3.18. The van der Waals surface area contributed by atoms with E-state index < -0.39 is 9.84 Å². The molecule has 0 unspecified atom stereocenters. The fourth-order valence-corrected chi connectivity index (χ4v) is 7.51. The fourth-order valence-electron chi connectivity index (χ4n) is 6.05. The molecular formula is C34H39N3O5S. The number of sulfone groups is 1. The first-order valence-electron chi connectivity index (χ1n) is 15.0. The SMILES string of the molecule is CN(Cc1ccc(NC(=O)C2=Cc3cc(-c4ccc(N5CCOCC5)cc4)ccc3S(=O)(=O)CC2)cc1)C1CCOCC1. The lowest BCUT2D eigenvalue weighted by Crippen LogP contribution is -2.36. The number of rotatable bonds is 7. The zero-order chi connectivity index (χ0) is 29.8. The number of carbonyl (C=O) groups is 1. The molecule has 226 valence electrons. The number of benzene rings is 3. The molecule has 2 saturated heterocycles. The van der Waals surface area contributed by atoms with Crippen molar-refractivity contribution in [3.63, 3.8) is 0 Å². The molecule has 3 heterocycles. The minimum Gasteiger partial charge on any atom is -0.381 e. The number of nitrogens with one attached hydrogen (secondary N) is 1. The van der Waals surface area contributed by atoms with E-state index in [-0.39, 0.29) is 23.0 Å². The van der Waals surface area contributed by atoms with Crippen LogP contribution in [0.5, 0.6) is 0 Å². The first kappa shape index (κ1) is 29.6. The lowest BCUT2D eigenvalue weighted by Gasteiger charge is -2.31. The Balaban J connectivity index is 1.17. The standard InChI is InChI=1S/C34H39N3O5S/c1-36(31-12-17-41-18-13-31)24-25-2-7-30(8-3-25)35-34(38)28-14-21-43(39,40)33-11-6-27(22-29(33)23-28)26-4-9-32(10-5-26)37-15-19-42-20-16-37/h2-11,22-23,31H,12-21,24H2,1H3,(H,35,38). The maximum atomic E-state index is 13.3. The number of carbonyl (C=O) groups excluding carboxylic acids is 1. The second-order valence-corrected chi connectivity index (χ2v) is 13.6. The maximum Gasteiger partial charge on any atom is 0.251 e. The predicted octanol–water partition coefficient (Wildman–Crippen LogP) is 5.00. The van der Waals surface area contributed by atoms with Crippen molar-refractivity contribution in [3.8, 4) is 11.1 Å². The largest absolute Gasteiger partial charge is 0.381 e. The van der Waals surface area contributed by atoms with Gasteiger partial charge >= 0.3 is 0 Å². The van der Waals surface area contributed by atoms with Crippen molar-refractivity contribution in [2.45, 2.75) is 36.7 Å². The van der Waals surface area contributed by atoms with Gasteiger partial charge in [-0.25, -0.2) is 8.42 Å². The van der Waals surface area contributed by atoms with E-state index in [1.54, 1.807) is 12.1 Å². The van der Waals surface area contributed by atoms with Crippen LogP contribution >= 0.6 is 0 Å². The molecule has 0 bridgehead atoms. The topological polar surface area (TPSA) is 88.2 Å². The van der Waals surface area contributed by atoms with Gasteiger partial charge < -0.3 is 19.7 Å². The summed E-state index contributed by atoms with van der Waals surface area (Å²) in [5.41, 5.74) is 5.89. The molecule has 3 aromatic carbocycles. The molecule has 0 atom stereocenters. The quantitative estimate of drug-likeness (QED) is 0.408. The van der Waals surface area contributed by atoms with Crippen LogP contribution < -0.4 is 10.2 Å². The summed E-state index contributed by atoms with van der Waals surface area (Å²) >= 11 is 0. The third-order valence-corrected chi connectivity index (χ3v) is 10.4. The van der Waals surface area contributed by atoms with Crippen molar-refractivity contribution < 1.29 is 22.7 Å². The van der Waals surface area contributed by atoms with Crippen LogP contribution in [-0.4, -0.2) is 77.6 Å². The number of hydrogen-bond donors (Lipinski definition) is 1. The Hall–Kier alpha value is -3.50. The van der Waals surface area contributed by atoms with Crippen molar-refractivity contribution in [1.82, 2.24) is 4.90 Å². The Bertz CT molecular complexity index is 1570. The number of fused-ring (bicyclic) bond motifs is 1. The zero-order valence-corrected chi connectivity index (χ0v) is 25.4. The lowest BCUT2D eigenvalue weighted by molar-refractivity contribution is -0.112. The van der Waals surface area contributed by atoms with Crippen molar-refractivity contribution in [2.75, 3.05) is 62.5 Å². The van der Waals surface area contributed by atoms with Gasteiger partial charge in [0, 0.05) is 55.8 Å². The van der Waals surface area contributed by atoms with Crippen LogP contribution in [0.1, 0.15) is 30.4 Å². The molecular weight excluding hydrogens is 562 g/mol. The van der Waals surface area contributed by atoms with Gasteiger partial charge in [0.2, 0.25) is 0 Å². The first-order chi connectivity index (χ1) is 20.9. The zero-order valence-electron chi connectivity index (χ0n) is 24.6. The molecule has 0 aliphatic carbocycles. The molecule has 3 aliphatic heterocycles. The Labute approximate surface area is 254 Å². The third kappa shape index (κ3) is 7.02. The Morgan fingerprint density at radius 1 is 0.907 bits per heavy atom. The van der Waals surface area contributed by atoms with Crippen molar-refractivity contribution in [2.24, 2.45) is 0 Å². The number of ether oxygens (including phenoxy) is 2. The summed E-state index contributed by atoms with van der Waals surface area (Å²) in [6.07, 6.45) is 3.97. The Morgan fingerprint density at radius 3 is 2.30 bits per heavy atom. The molecule has 3 aromatic rings. The normalized spacial score (nSPS) is 18.9. The van der Waals surface area contributed by atoms with Gasteiger partial charge in [-0.15, -0.1) is 0 Å². The highest BCUT2D eigenvalue weighted by Gasteiger charge is 2.25. The molecule has 1 amide bonds. The number of amides is 1. The first-order valence-corrected chi connectivity index (χ1v) is 16.7. The minimum absolute atomic E-state index is 0.107. The molecule has 43 heavy (non-hydrogen) atoms. The van der Waals surface area contributed by atoms with Crippen LogP contribution in [0.4, 0.5) is 11.4 Å². The van der Waals surface area contributed by atoms with Gasteiger partial charge in [0.1, 0.15) is 0 Å². The summed E-state index contributed by atoms with van der Waals surface area (Å²) in [7, 11) is -1.39. The highest BCUT2D eigenvalue weighted by atomic mass is 32.2. The fraction of sp³-hybridized carbons (Fsp3) is 0.382. The summed E-state index contributed by atoms with van der Waals surface area (Å²) < 4.78 is 37.2. The molecule has 8 nitrogen and oxygen atoms in total. The molecule has 0 radical (unpaired) electrons. The summed E-state index contributed by atoms with van der Waals surface area (Å²) in [5, 5.41) is 2.98. The van der Waals surface area contributed by atoms with Crippen LogP contribution in [0.3, 0.4) is 0 Å². The predicted molar refractivity (Wildman–Crippen MR) is 170 cm³/mol. The van der Waals surface area contributed by atoms with Gasteiger partial charge in [0.05, 0.1) is 23.9 Å². The van der Waals surface area contributed by atoms with Gasteiger partial charge in [0.15, 0.2) is 9.84 Å². The Kier molecular flexibility index (Phi) is 8.95. The monoisotopic (exact) mass is 601 g/mol. The van der Waals surface area contributed by atoms with Crippen LogP contribution in [0.15, 0.2) is 77.2 Å². The maximum absolute atomic E-state index is 13.3. The van der Waals surface area contributed by atoms with Gasteiger partial charge in [-0.3, -0.25) is 9.69 Å². The van der Waals surface area contributed by atoms with Crippen molar-refractivity contribution >= 4 is 33.2 Å². The highest BCUT2D eigenvalue weighted by Crippen LogP contribution is 2.32. The lowest BCUT2D eigenvalue weighted by atomic mass is 10.0. The van der Waals surface area contributed by atoms with E-state index in [4.69, 9.17) is 9.47 Å². The molecule has 3 aliphatic rings. The Morgan fingerprint density at radius 2 is 1.58 bits per heavy atom. The van der Waals surface area contributed by atoms with E-state index in [1.165, 1.54) is 5.56 Å². The molecule has 2 fully saturated rings. The smallest absolute Gasteiger partial charge is 0.251 e. The van der Waals surface area contributed by atoms with Crippen LogP contribution in [0.2, 0.25) is 0 Å². The van der Waals surface area contributed by atoms with Crippen molar-refractivity contribution in [1.29, 1.82) is 0 Å². The van der Waals surface area contributed by atoms with Crippen molar-refractivity contribution in [3.05, 3.63) is 83.4 Å². The highest BCUT2D eigenvalue weighted by molar-refractivity contribution is 7.91. The third-order valence-electron chi connectivity index (χ3n) is 8.64. The molecule has 0 saturated carbocycles. The summed E-state index contributed by atoms with van der Waals surface area (Å²) in [6.45, 7) is 5.63. The van der Waals surface area contributed by atoms with E-state index in [0.29, 0.717) is 22.9 Å². The summed E-state index contributed by atoms with van der Waals surface area (Å²) in [4.78, 5) is 18.3. The van der Waals surface area contributed by atoms with Gasteiger partial charge in [-0.1, -0.05) is 30.3 Å². The van der Waals surface area contributed by atoms with E-state index >= 15 is 0 Å². The number of morpholine rings is 1. The van der Waals surface area contributed by atoms with E-state index in [9.17, 15) is 13.2 Å². The number of nitrogens with zero attached hydrogens (tertiary/aromatic N) is 2. The van der Waals surface area contributed by atoms with Gasteiger partial charge in [-0.2, -0.15) is 0 Å². The molecule has 6 rings (SSSR count).